The van der Waals surface area contributed by atoms with Gasteiger partial charge in [0.1, 0.15) is 5.60 Å². The fourth-order valence-corrected chi connectivity index (χ4v) is 2.93. The molecule has 0 saturated carbocycles. The largest absolute Gasteiger partial charge is 0.444 e. The quantitative estimate of drug-likeness (QED) is 0.916. The standard InChI is InChI=1S/C17H25N5O2/c1-17(2,3)24-16(23)21(4)12-7-10-22(11-8-12)15-19-13-6-5-9-18-14(13)20-15/h5-6,9,12H,7-8,10-11H2,1-4H3,(H,18,19,20). The van der Waals surface area contributed by atoms with Crippen LogP contribution in [0.4, 0.5) is 10.7 Å². The first-order valence-corrected chi connectivity index (χ1v) is 8.35. The Kier molecular flexibility index (Phi) is 4.34. The summed E-state index contributed by atoms with van der Waals surface area (Å²) in [6, 6.07) is 4.06. The Labute approximate surface area is 142 Å². The normalized spacial score (nSPS) is 16.4. The van der Waals surface area contributed by atoms with E-state index in [0.717, 1.165) is 43.0 Å². The molecule has 1 saturated heterocycles. The van der Waals surface area contributed by atoms with E-state index in [1.807, 2.05) is 40.0 Å². The maximum Gasteiger partial charge on any atom is 0.410 e. The van der Waals surface area contributed by atoms with Gasteiger partial charge in [-0.15, -0.1) is 0 Å². The van der Waals surface area contributed by atoms with Crippen molar-refractivity contribution in [3.05, 3.63) is 18.3 Å². The zero-order valence-corrected chi connectivity index (χ0v) is 14.7. The van der Waals surface area contributed by atoms with Crippen LogP contribution >= 0.6 is 0 Å². The van der Waals surface area contributed by atoms with Gasteiger partial charge in [-0.2, -0.15) is 4.98 Å². The minimum absolute atomic E-state index is 0.193. The number of rotatable bonds is 2. The third-order valence-electron chi connectivity index (χ3n) is 4.24. The van der Waals surface area contributed by atoms with Crippen LogP contribution in [0.5, 0.6) is 0 Å². The van der Waals surface area contributed by atoms with Crippen molar-refractivity contribution in [3.8, 4) is 0 Å². The van der Waals surface area contributed by atoms with Gasteiger partial charge in [0.15, 0.2) is 5.65 Å². The molecular formula is C17H25N5O2. The molecule has 24 heavy (non-hydrogen) atoms. The molecule has 3 rings (SSSR count). The lowest BCUT2D eigenvalue weighted by Crippen LogP contribution is -2.47. The van der Waals surface area contributed by atoms with Crippen molar-refractivity contribution >= 4 is 23.2 Å². The third-order valence-corrected chi connectivity index (χ3v) is 4.24. The molecule has 7 heteroatoms. The fraction of sp³-hybridized carbons (Fsp3) is 0.588. The van der Waals surface area contributed by atoms with Gasteiger partial charge < -0.3 is 19.5 Å². The number of hydrogen-bond donors (Lipinski definition) is 1. The third kappa shape index (κ3) is 3.60. The summed E-state index contributed by atoms with van der Waals surface area (Å²) in [5.41, 5.74) is 1.22. The number of pyridine rings is 1. The van der Waals surface area contributed by atoms with Crippen molar-refractivity contribution in [2.75, 3.05) is 25.0 Å². The van der Waals surface area contributed by atoms with Gasteiger partial charge in [0.2, 0.25) is 5.95 Å². The number of ether oxygens (including phenoxy) is 1. The zero-order chi connectivity index (χ0) is 17.3. The summed E-state index contributed by atoms with van der Waals surface area (Å²) < 4.78 is 5.45. The van der Waals surface area contributed by atoms with E-state index in [2.05, 4.69) is 19.9 Å². The molecule has 130 valence electrons. The molecule has 0 aliphatic carbocycles. The Bertz CT molecular complexity index is 680. The number of amides is 1. The van der Waals surface area contributed by atoms with E-state index in [1.165, 1.54) is 0 Å². The lowest BCUT2D eigenvalue weighted by atomic mass is 10.0. The summed E-state index contributed by atoms with van der Waals surface area (Å²) >= 11 is 0. The molecule has 0 aromatic carbocycles. The zero-order valence-electron chi connectivity index (χ0n) is 14.7. The number of carbonyl (C=O) groups excluding carboxylic acids is 1. The molecule has 0 bridgehead atoms. The molecule has 7 nitrogen and oxygen atoms in total. The van der Waals surface area contributed by atoms with E-state index in [9.17, 15) is 4.79 Å². The Hall–Kier alpha value is -2.31. The molecule has 1 amide bonds. The number of piperidine rings is 1. The first-order valence-electron chi connectivity index (χ1n) is 8.35. The van der Waals surface area contributed by atoms with Gasteiger partial charge in [-0.1, -0.05) is 0 Å². The van der Waals surface area contributed by atoms with Gasteiger partial charge in [-0.25, -0.2) is 9.78 Å². The van der Waals surface area contributed by atoms with Gasteiger partial charge in [-0.3, -0.25) is 0 Å². The van der Waals surface area contributed by atoms with Crippen molar-refractivity contribution in [3.63, 3.8) is 0 Å². The fourth-order valence-electron chi connectivity index (χ4n) is 2.93. The predicted molar refractivity (Wildman–Crippen MR) is 93.1 cm³/mol. The van der Waals surface area contributed by atoms with E-state index in [4.69, 9.17) is 4.74 Å². The van der Waals surface area contributed by atoms with Crippen molar-refractivity contribution in [2.45, 2.75) is 45.3 Å². The maximum atomic E-state index is 12.2. The van der Waals surface area contributed by atoms with Crippen LogP contribution in [0.2, 0.25) is 0 Å². The number of hydrogen-bond acceptors (Lipinski definition) is 5. The Balaban J connectivity index is 1.60. The monoisotopic (exact) mass is 331 g/mol. The first-order chi connectivity index (χ1) is 11.3. The number of nitrogens with zero attached hydrogens (tertiary/aromatic N) is 4. The highest BCUT2D eigenvalue weighted by Crippen LogP contribution is 2.22. The molecule has 1 aliphatic heterocycles. The van der Waals surface area contributed by atoms with Gasteiger partial charge in [0, 0.05) is 32.4 Å². The number of aromatic nitrogens is 3. The van der Waals surface area contributed by atoms with Gasteiger partial charge >= 0.3 is 6.09 Å². The van der Waals surface area contributed by atoms with Crippen LogP contribution in [-0.4, -0.2) is 57.7 Å². The summed E-state index contributed by atoms with van der Waals surface area (Å²) in [5.74, 6) is 0.849. The molecular weight excluding hydrogens is 306 g/mol. The van der Waals surface area contributed by atoms with E-state index in [1.54, 1.807) is 11.1 Å². The van der Waals surface area contributed by atoms with Crippen molar-refractivity contribution in [1.82, 2.24) is 19.9 Å². The smallest absolute Gasteiger partial charge is 0.410 e. The van der Waals surface area contributed by atoms with E-state index in [-0.39, 0.29) is 12.1 Å². The number of aromatic amines is 1. The topological polar surface area (TPSA) is 74.3 Å². The number of H-pyrrole nitrogens is 1. The van der Waals surface area contributed by atoms with Crippen LogP contribution in [0.3, 0.4) is 0 Å². The number of carbonyl (C=O) groups is 1. The van der Waals surface area contributed by atoms with Crippen LogP contribution < -0.4 is 4.90 Å². The second kappa shape index (κ2) is 6.30. The summed E-state index contributed by atoms with van der Waals surface area (Å²) in [7, 11) is 1.82. The van der Waals surface area contributed by atoms with Crippen LogP contribution in [0.1, 0.15) is 33.6 Å². The minimum Gasteiger partial charge on any atom is -0.444 e. The molecule has 1 N–H and O–H groups in total. The van der Waals surface area contributed by atoms with Crippen molar-refractivity contribution in [1.29, 1.82) is 0 Å². The SMILES string of the molecule is CN(C(=O)OC(C)(C)C)C1CCN(c2nc3ncccc3[nH]2)CC1. The van der Waals surface area contributed by atoms with Gasteiger partial charge in [0.25, 0.3) is 0 Å². The summed E-state index contributed by atoms with van der Waals surface area (Å²) in [6.45, 7) is 7.35. The summed E-state index contributed by atoms with van der Waals surface area (Å²) in [6.07, 6.45) is 3.27. The average Bonchev–Trinajstić information content (AvgIpc) is 2.96. The molecule has 3 heterocycles. The molecule has 1 aliphatic rings. The predicted octanol–water partition coefficient (Wildman–Crippen LogP) is 2.79. The number of imidazole rings is 1. The lowest BCUT2D eigenvalue weighted by Gasteiger charge is -2.37. The van der Waals surface area contributed by atoms with E-state index in [0.29, 0.717) is 0 Å². The number of fused-ring (bicyclic) bond motifs is 1. The molecule has 2 aromatic heterocycles. The summed E-state index contributed by atoms with van der Waals surface area (Å²) in [4.78, 5) is 28.2. The molecule has 0 unspecified atom stereocenters. The van der Waals surface area contributed by atoms with E-state index >= 15 is 0 Å². The Morgan fingerprint density at radius 3 is 2.71 bits per heavy atom. The lowest BCUT2D eigenvalue weighted by molar-refractivity contribution is 0.0201. The van der Waals surface area contributed by atoms with Crippen molar-refractivity contribution in [2.24, 2.45) is 0 Å². The second-order valence-corrected chi connectivity index (χ2v) is 7.24. The van der Waals surface area contributed by atoms with Crippen LogP contribution in [0.15, 0.2) is 18.3 Å². The number of anilines is 1. The molecule has 0 radical (unpaired) electrons. The minimum atomic E-state index is -0.465. The number of nitrogens with one attached hydrogen (secondary N) is 1. The maximum absolute atomic E-state index is 12.2. The molecule has 1 fully saturated rings. The van der Waals surface area contributed by atoms with Crippen LogP contribution in [0.25, 0.3) is 11.2 Å². The van der Waals surface area contributed by atoms with Crippen LogP contribution in [-0.2, 0) is 4.74 Å². The molecule has 2 aromatic rings. The van der Waals surface area contributed by atoms with Crippen LogP contribution in [0, 0.1) is 0 Å². The van der Waals surface area contributed by atoms with E-state index < -0.39 is 5.60 Å². The Morgan fingerprint density at radius 2 is 2.08 bits per heavy atom. The van der Waals surface area contributed by atoms with Crippen molar-refractivity contribution < 1.29 is 9.53 Å². The Morgan fingerprint density at radius 1 is 1.38 bits per heavy atom. The molecule has 0 atom stereocenters. The van der Waals surface area contributed by atoms with Gasteiger partial charge in [0.05, 0.1) is 5.52 Å². The second-order valence-electron chi connectivity index (χ2n) is 7.24. The van der Waals surface area contributed by atoms with Gasteiger partial charge in [-0.05, 0) is 45.7 Å². The summed E-state index contributed by atoms with van der Waals surface area (Å²) in [5, 5.41) is 0. The average molecular weight is 331 g/mol. The highest BCUT2D eigenvalue weighted by atomic mass is 16.6. The first kappa shape index (κ1) is 16.5. The highest BCUT2D eigenvalue weighted by molar-refractivity contribution is 5.73. The molecule has 0 spiro atoms. The highest BCUT2D eigenvalue weighted by Gasteiger charge is 2.29.